The Labute approximate surface area is 203 Å². The van der Waals surface area contributed by atoms with Crippen LogP contribution in [-0.2, 0) is 6.54 Å². The van der Waals surface area contributed by atoms with Crippen molar-refractivity contribution in [3.05, 3.63) is 83.6 Å². The van der Waals surface area contributed by atoms with Crippen molar-refractivity contribution in [3.63, 3.8) is 0 Å². The number of aryl methyl sites for hydroxylation is 1. The molecule has 4 aromatic rings. The molecule has 0 aliphatic carbocycles. The minimum Gasteiger partial charge on any atom is -0.394 e. The van der Waals surface area contributed by atoms with E-state index in [0.717, 1.165) is 16.8 Å². The molecule has 0 saturated carbocycles. The highest BCUT2D eigenvalue weighted by Gasteiger charge is 2.20. The molecule has 2 amide bonds. The van der Waals surface area contributed by atoms with Gasteiger partial charge in [-0.1, -0.05) is 26.0 Å². The second-order valence-corrected chi connectivity index (χ2v) is 9.06. The number of benzene rings is 1. The molecule has 0 aliphatic rings. The Balaban J connectivity index is 1.46. The number of hydrogen-bond acceptors (Lipinski definition) is 5. The van der Waals surface area contributed by atoms with E-state index in [1.165, 1.54) is 6.20 Å². The van der Waals surface area contributed by atoms with Gasteiger partial charge in [0.15, 0.2) is 0 Å². The van der Waals surface area contributed by atoms with Gasteiger partial charge < -0.3 is 15.7 Å². The number of amides is 2. The molecule has 3 heterocycles. The van der Waals surface area contributed by atoms with E-state index in [-0.39, 0.29) is 24.5 Å². The van der Waals surface area contributed by atoms with E-state index in [9.17, 15) is 14.7 Å². The molecular formula is C26H30N6O3. The molecule has 0 saturated heterocycles. The topological polar surface area (TPSA) is 114 Å². The SMILES string of the molecule is Cc1cccc(-n2cc(CNC(=O)c3cnc4c(C(=O)NC(CO)CC(C)C)cccn34)cn2)c1. The summed E-state index contributed by atoms with van der Waals surface area (Å²) in [6, 6.07) is 11.0. The summed E-state index contributed by atoms with van der Waals surface area (Å²) in [6.45, 7) is 6.24. The predicted molar refractivity (Wildman–Crippen MR) is 132 cm³/mol. The average Bonchev–Trinajstić information content (AvgIpc) is 3.49. The van der Waals surface area contributed by atoms with Crippen LogP contribution in [0.2, 0.25) is 0 Å². The molecule has 1 unspecified atom stereocenters. The maximum atomic E-state index is 12.9. The van der Waals surface area contributed by atoms with Crippen LogP contribution in [0.3, 0.4) is 0 Å². The minimum atomic E-state index is -0.346. The molecule has 1 aromatic carbocycles. The molecule has 3 N–H and O–H groups in total. The molecule has 182 valence electrons. The fourth-order valence-corrected chi connectivity index (χ4v) is 4.00. The minimum absolute atomic E-state index is 0.143. The standard InChI is InChI=1S/C26H30N6O3/c1-17(2)10-20(16-33)30-25(34)22-8-5-9-31-23(14-27-24(22)31)26(35)28-12-19-13-29-32(15-19)21-7-4-6-18(3)11-21/h4-9,11,13-15,17,20,33H,10,12,16H2,1-3H3,(H,28,35)(H,30,34). The number of aromatic nitrogens is 4. The first kappa shape index (κ1) is 24.2. The first-order chi connectivity index (χ1) is 16.9. The average molecular weight is 475 g/mol. The third-order valence-electron chi connectivity index (χ3n) is 5.68. The maximum Gasteiger partial charge on any atom is 0.270 e. The maximum absolute atomic E-state index is 12.9. The number of fused-ring (bicyclic) bond motifs is 1. The fourth-order valence-electron chi connectivity index (χ4n) is 4.00. The zero-order chi connectivity index (χ0) is 24.9. The Hall–Kier alpha value is -3.98. The molecule has 3 aromatic heterocycles. The van der Waals surface area contributed by atoms with Crippen molar-refractivity contribution in [2.45, 2.75) is 39.8 Å². The molecule has 0 bridgehead atoms. The fraction of sp³-hybridized carbons (Fsp3) is 0.308. The number of rotatable bonds is 9. The monoisotopic (exact) mass is 474 g/mol. The molecule has 0 radical (unpaired) electrons. The van der Waals surface area contributed by atoms with Gasteiger partial charge in [-0.2, -0.15) is 5.10 Å². The number of nitrogens with zero attached hydrogens (tertiary/aromatic N) is 4. The lowest BCUT2D eigenvalue weighted by Gasteiger charge is -2.18. The summed E-state index contributed by atoms with van der Waals surface area (Å²) < 4.78 is 3.36. The van der Waals surface area contributed by atoms with E-state index in [1.807, 2.05) is 51.2 Å². The lowest BCUT2D eigenvalue weighted by molar-refractivity contribution is 0.0906. The van der Waals surface area contributed by atoms with Crippen molar-refractivity contribution in [2.24, 2.45) is 5.92 Å². The zero-order valence-electron chi connectivity index (χ0n) is 20.1. The molecule has 4 rings (SSSR count). The molecule has 9 heteroatoms. The number of pyridine rings is 1. The van der Waals surface area contributed by atoms with Gasteiger partial charge in [-0.05, 0) is 49.1 Å². The Morgan fingerprint density at radius 3 is 2.69 bits per heavy atom. The van der Waals surface area contributed by atoms with Gasteiger partial charge in [0, 0.05) is 24.5 Å². The van der Waals surface area contributed by atoms with Gasteiger partial charge in [0.1, 0.15) is 11.3 Å². The van der Waals surface area contributed by atoms with Gasteiger partial charge >= 0.3 is 0 Å². The number of nitrogens with one attached hydrogen (secondary N) is 2. The number of imidazole rings is 1. The van der Waals surface area contributed by atoms with Gasteiger partial charge in [0.2, 0.25) is 0 Å². The molecule has 0 aliphatic heterocycles. The highest BCUT2D eigenvalue weighted by Crippen LogP contribution is 2.15. The summed E-state index contributed by atoms with van der Waals surface area (Å²) >= 11 is 0. The first-order valence-electron chi connectivity index (χ1n) is 11.6. The van der Waals surface area contributed by atoms with Crippen LogP contribution < -0.4 is 10.6 Å². The van der Waals surface area contributed by atoms with Crippen LogP contribution in [0.4, 0.5) is 0 Å². The van der Waals surface area contributed by atoms with Crippen LogP contribution in [0.5, 0.6) is 0 Å². The normalized spacial score (nSPS) is 12.1. The Kier molecular flexibility index (Phi) is 7.26. The largest absolute Gasteiger partial charge is 0.394 e. The third-order valence-corrected chi connectivity index (χ3v) is 5.68. The highest BCUT2D eigenvalue weighted by atomic mass is 16.3. The Bertz CT molecular complexity index is 1340. The quantitative estimate of drug-likeness (QED) is 0.345. The van der Waals surface area contributed by atoms with Gasteiger partial charge in [-0.25, -0.2) is 9.67 Å². The van der Waals surface area contributed by atoms with Gasteiger partial charge in [0.05, 0.1) is 36.3 Å². The summed E-state index contributed by atoms with van der Waals surface area (Å²) in [5.41, 5.74) is 3.99. The summed E-state index contributed by atoms with van der Waals surface area (Å²) in [6.07, 6.45) is 7.40. The van der Waals surface area contributed by atoms with E-state index in [0.29, 0.717) is 35.8 Å². The van der Waals surface area contributed by atoms with E-state index >= 15 is 0 Å². The van der Waals surface area contributed by atoms with Crippen molar-refractivity contribution >= 4 is 17.5 Å². The van der Waals surface area contributed by atoms with Crippen molar-refractivity contribution < 1.29 is 14.7 Å². The second kappa shape index (κ2) is 10.5. The second-order valence-electron chi connectivity index (χ2n) is 9.06. The smallest absolute Gasteiger partial charge is 0.270 e. The Morgan fingerprint density at radius 1 is 1.11 bits per heavy atom. The lowest BCUT2D eigenvalue weighted by atomic mass is 10.0. The molecule has 9 nitrogen and oxygen atoms in total. The van der Waals surface area contributed by atoms with E-state index in [4.69, 9.17) is 0 Å². The summed E-state index contributed by atoms with van der Waals surface area (Å²) in [5, 5.41) is 19.7. The van der Waals surface area contributed by atoms with E-state index < -0.39 is 0 Å². The van der Waals surface area contributed by atoms with Crippen LogP contribution >= 0.6 is 0 Å². The first-order valence-corrected chi connectivity index (χ1v) is 11.6. The van der Waals surface area contributed by atoms with Crippen molar-refractivity contribution in [1.29, 1.82) is 0 Å². The van der Waals surface area contributed by atoms with Crippen LogP contribution in [0.25, 0.3) is 11.3 Å². The molecule has 0 fully saturated rings. The summed E-state index contributed by atoms with van der Waals surface area (Å²) in [7, 11) is 0. The van der Waals surface area contributed by atoms with Gasteiger partial charge in [0.25, 0.3) is 11.8 Å². The summed E-state index contributed by atoms with van der Waals surface area (Å²) in [4.78, 5) is 30.1. The number of aliphatic hydroxyl groups is 1. The highest BCUT2D eigenvalue weighted by molar-refractivity contribution is 6.01. The summed E-state index contributed by atoms with van der Waals surface area (Å²) in [5.74, 6) is -0.322. The molecule has 35 heavy (non-hydrogen) atoms. The van der Waals surface area contributed by atoms with Crippen LogP contribution in [0.1, 0.15) is 52.2 Å². The van der Waals surface area contributed by atoms with Crippen LogP contribution in [-0.4, -0.2) is 48.7 Å². The lowest BCUT2D eigenvalue weighted by Crippen LogP contribution is -2.38. The van der Waals surface area contributed by atoms with Crippen molar-refractivity contribution in [3.8, 4) is 5.69 Å². The van der Waals surface area contributed by atoms with Crippen LogP contribution in [0.15, 0.2) is 61.2 Å². The molecule has 1 atom stereocenters. The van der Waals surface area contributed by atoms with Gasteiger partial charge in [-0.15, -0.1) is 0 Å². The number of hydrogen-bond donors (Lipinski definition) is 3. The number of aliphatic hydroxyl groups excluding tert-OH is 1. The van der Waals surface area contributed by atoms with Crippen LogP contribution in [0, 0.1) is 12.8 Å². The molecule has 0 spiro atoms. The number of carbonyl (C=O) groups is 2. The molecular weight excluding hydrogens is 444 g/mol. The number of carbonyl (C=O) groups excluding carboxylic acids is 2. The van der Waals surface area contributed by atoms with Gasteiger partial charge in [-0.3, -0.25) is 14.0 Å². The van der Waals surface area contributed by atoms with E-state index in [2.05, 4.69) is 20.7 Å². The van der Waals surface area contributed by atoms with Crippen molar-refractivity contribution in [2.75, 3.05) is 6.61 Å². The van der Waals surface area contributed by atoms with E-state index in [1.54, 1.807) is 33.6 Å². The Morgan fingerprint density at radius 2 is 1.94 bits per heavy atom. The third kappa shape index (κ3) is 5.58. The predicted octanol–water partition coefficient (Wildman–Crippen LogP) is 2.90. The van der Waals surface area contributed by atoms with Crippen molar-refractivity contribution in [1.82, 2.24) is 29.8 Å². The zero-order valence-corrected chi connectivity index (χ0v) is 20.1.